The van der Waals surface area contributed by atoms with Crippen molar-refractivity contribution < 1.29 is 9.18 Å². The van der Waals surface area contributed by atoms with Crippen LogP contribution in [0.4, 0.5) is 9.52 Å². The van der Waals surface area contributed by atoms with Crippen LogP contribution >= 0.6 is 22.7 Å². The average Bonchev–Trinajstić information content (AvgIpc) is 3.29. The first-order valence-electron chi connectivity index (χ1n) is 9.07. The highest BCUT2D eigenvalue weighted by molar-refractivity contribution is 7.15. The number of carbonyl (C=O) groups excluding carboxylic acids is 1. The first kappa shape index (κ1) is 19.4. The summed E-state index contributed by atoms with van der Waals surface area (Å²) in [5.41, 5.74) is 2.74. The van der Waals surface area contributed by atoms with Crippen LogP contribution in [-0.4, -0.2) is 15.9 Å². The Morgan fingerprint density at radius 1 is 1.07 bits per heavy atom. The lowest BCUT2D eigenvalue weighted by Gasteiger charge is -2.03. The van der Waals surface area contributed by atoms with Gasteiger partial charge in [-0.1, -0.05) is 30.3 Å². The molecule has 0 saturated heterocycles. The van der Waals surface area contributed by atoms with Gasteiger partial charge in [0.2, 0.25) is 5.91 Å². The lowest BCUT2D eigenvalue weighted by Crippen LogP contribution is -2.13. The van der Waals surface area contributed by atoms with Crippen LogP contribution in [0.5, 0.6) is 0 Å². The first-order valence-corrected chi connectivity index (χ1v) is 10.7. The van der Waals surface area contributed by atoms with E-state index in [9.17, 15) is 9.18 Å². The second-order valence-electron chi connectivity index (χ2n) is 6.53. The van der Waals surface area contributed by atoms with Crippen LogP contribution in [0.15, 0.2) is 60.8 Å². The fraction of sp³-hybridized carbons (Fsp3) is 0.136. The molecule has 0 saturated carbocycles. The number of hydrogen-bond donors (Lipinski definition) is 1. The Morgan fingerprint density at radius 2 is 1.83 bits per heavy atom. The van der Waals surface area contributed by atoms with Crippen molar-refractivity contribution in [2.75, 3.05) is 5.32 Å². The van der Waals surface area contributed by atoms with E-state index in [1.807, 2.05) is 25.1 Å². The van der Waals surface area contributed by atoms with Gasteiger partial charge in [-0.15, -0.1) is 22.7 Å². The zero-order valence-corrected chi connectivity index (χ0v) is 17.3. The number of carbonyl (C=O) groups is 1. The highest BCUT2D eigenvalue weighted by Crippen LogP contribution is 2.29. The molecule has 146 valence electrons. The number of halogens is 1. The molecular weight excluding hydrogens is 405 g/mol. The van der Waals surface area contributed by atoms with Crippen molar-refractivity contribution in [2.24, 2.45) is 0 Å². The monoisotopic (exact) mass is 423 g/mol. The molecule has 0 aliphatic rings. The molecule has 29 heavy (non-hydrogen) atoms. The summed E-state index contributed by atoms with van der Waals surface area (Å²) in [6, 6.07) is 16.3. The lowest BCUT2D eigenvalue weighted by molar-refractivity contribution is -0.115. The normalized spacial score (nSPS) is 10.8. The van der Waals surface area contributed by atoms with Crippen LogP contribution in [-0.2, 0) is 17.6 Å². The molecule has 0 aliphatic heterocycles. The third-order valence-corrected chi connectivity index (χ3v) is 6.15. The molecular formula is C22H18FN3OS2. The van der Waals surface area contributed by atoms with Crippen LogP contribution in [0, 0.1) is 12.7 Å². The number of nitrogens with zero attached hydrogens (tertiary/aromatic N) is 2. The summed E-state index contributed by atoms with van der Waals surface area (Å²) >= 11 is 2.95. The van der Waals surface area contributed by atoms with Gasteiger partial charge in [-0.3, -0.25) is 4.79 Å². The maximum Gasteiger partial charge on any atom is 0.231 e. The fourth-order valence-corrected chi connectivity index (χ4v) is 4.80. The van der Waals surface area contributed by atoms with E-state index < -0.39 is 0 Å². The van der Waals surface area contributed by atoms with Crippen molar-refractivity contribution in [1.82, 2.24) is 9.97 Å². The van der Waals surface area contributed by atoms with E-state index in [-0.39, 0.29) is 18.1 Å². The maximum absolute atomic E-state index is 13.2. The summed E-state index contributed by atoms with van der Waals surface area (Å²) in [4.78, 5) is 23.4. The van der Waals surface area contributed by atoms with Crippen molar-refractivity contribution in [3.63, 3.8) is 0 Å². The molecule has 2 aromatic carbocycles. The zero-order valence-electron chi connectivity index (χ0n) is 15.7. The highest BCUT2D eigenvalue weighted by Gasteiger charge is 2.16. The molecule has 0 radical (unpaired) electrons. The minimum atomic E-state index is -0.296. The number of hydrogen-bond acceptors (Lipinski definition) is 5. The van der Waals surface area contributed by atoms with Crippen molar-refractivity contribution in [3.05, 3.63) is 86.9 Å². The molecule has 0 fully saturated rings. The fourth-order valence-electron chi connectivity index (χ4n) is 2.98. The smallest absolute Gasteiger partial charge is 0.231 e. The number of amides is 1. The number of benzene rings is 2. The van der Waals surface area contributed by atoms with Crippen molar-refractivity contribution >= 4 is 33.7 Å². The maximum atomic E-state index is 13.2. The molecule has 4 nitrogen and oxygen atoms in total. The van der Waals surface area contributed by atoms with E-state index in [0.29, 0.717) is 5.13 Å². The van der Waals surface area contributed by atoms with Gasteiger partial charge in [0.15, 0.2) is 5.13 Å². The van der Waals surface area contributed by atoms with Gasteiger partial charge in [-0.05, 0) is 36.8 Å². The minimum absolute atomic E-state index is 0.141. The van der Waals surface area contributed by atoms with Crippen LogP contribution in [0.3, 0.4) is 0 Å². The van der Waals surface area contributed by atoms with E-state index in [1.165, 1.54) is 40.4 Å². The Bertz CT molecular complexity index is 1120. The van der Waals surface area contributed by atoms with Crippen LogP contribution in [0.1, 0.15) is 20.3 Å². The van der Waals surface area contributed by atoms with Crippen molar-refractivity contribution in [3.8, 4) is 11.3 Å². The van der Waals surface area contributed by atoms with Gasteiger partial charge >= 0.3 is 0 Å². The highest BCUT2D eigenvalue weighted by atomic mass is 32.1. The van der Waals surface area contributed by atoms with Crippen LogP contribution < -0.4 is 5.32 Å². The first-order chi connectivity index (χ1) is 14.1. The Morgan fingerprint density at radius 3 is 2.59 bits per heavy atom. The molecule has 0 atom stereocenters. The Hall–Kier alpha value is -2.90. The van der Waals surface area contributed by atoms with Crippen LogP contribution in [0.2, 0.25) is 0 Å². The molecule has 0 unspecified atom stereocenters. The quantitative estimate of drug-likeness (QED) is 0.446. The lowest BCUT2D eigenvalue weighted by atomic mass is 10.1. The second kappa shape index (κ2) is 8.63. The van der Waals surface area contributed by atoms with Crippen LogP contribution in [0.25, 0.3) is 11.3 Å². The van der Waals surface area contributed by atoms with Gasteiger partial charge < -0.3 is 5.32 Å². The second-order valence-corrected chi connectivity index (χ2v) is 8.93. The van der Waals surface area contributed by atoms with Crippen molar-refractivity contribution in [2.45, 2.75) is 19.8 Å². The molecule has 4 aromatic rings. The summed E-state index contributed by atoms with van der Waals surface area (Å²) in [5, 5.41) is 4.34. The van der Waals surface area contributed by atoms with Gasteiger partial charge in [0.05, 0.1) is 17.1 Å². The van der Waals surface area contributed by atoms with E-state index in [2.05, 4.69) is 27.4 Å². The van der Waals surface area contributed by atoms with Gasteiger partial charge in [0.25, 0.3) is 0 Å². The molecule has 0 aliphatic carbocycles. The largest absolute Gasteiger partial charge is 0.302 e. The van der Waals surface area contributed by atoms with E-state index >= 15 is 0 Å². The Kier molecular flexibility index (Phi) is 5.78. The molecule has 1 N–H and O–H groups in total. The molecule has 2 aromatic heterocycles. The molecule has 4 rings (SSSR count). The number of nitrogens with one attached hydrogen (secondary N) is 1. The van der Waals surface area contributed by atoms with Gasteiger partial charge in [-0.2, -0.15) is 0 Å². The number of rotatable bonds is 6. The summed E-state index contributed by atoms with van der Waals surface area (Å²) < 4.78 is 13.2. The number of thiazole rings is 2. The predicted molar refractivity (Wildman–Crippen MR) is 116 cm³/mol. The number of aromatic nitrogens is 2. The standard InChI is InChI=1S/C22H18FN3OS2/c1-14-25-21(16-7-9-17(23)10-8-16)19(28-14)12-20(27)26-22-24-13-18(29-22)11-15-5-3-2-4-6-15/h2-10,13H,11-12H2,1H3,(H,24,26,27). The third kappa shape index (κ3) is 4.93. The molecule has 7 heteroatoms. The van der Waals surface area contributed by atoms with E-state index in [0.717, 1.165) is 32.4 Å². The SMILES string of the molecule is Cc1nc(-c2ccc(F)cc2)c(CC(=O)Nc2ncc(Cc3ccccc3)s2)s1. The zero-order chi connectivity index (χ0) is 20.2. The number of anilines is 1. The van der Waals surface area contributed by atoms with Crippen molar-refractivity contribution in [1.29, 1.82) is 0 Å². The Balaban J connectivity index is 1.44. The summed E-state index contributed by atoms with van der Waals surface area (Å²) in [5.74, 6) is -0.437. The van der Waals surface area contributed by atoms with Gasteiger partial charge in [0, 0.05) is 27.9 Å². The molecule has 1 amide bonds. The summed E-state index contributed by atoms with van der Waals surface area (Å²) in [6.07, 6.45) is 2.79. The summed E-state index contributed by atoms with van der Waals surface area (Å²) in [6.45, 7) is 1.90. The average molecular weight is 424 g/mol. The predicted octanol–water partition coefficient (Wildman–Crippen LogP) is 5.49. The van der Waals surface area contributed by atoms with E-state index in [4.69, 9.17) is 0 Å². The third-order valence-electron chi connectivity index (χ3n) is 4.26. The molecule has 2 heterocycles. The Labute approximate surface area is 176 Å². The minimum Gasteiger partial charge on any atom is -0.302 e. The van der Waals surface area contributed by atoms with Gasteiger partial charge in [-0.25, -0.2) is 14.4 Å². The number of aryl methyl sites for hydroxylation is 1. The summed E-state index contributed by atoms with van der Waals surface area (Å²) in [7, 11) is 0. The van der Waals surface area contributed by atoms with Gasteiger partial charge in [0.1, 0.15) is 5.82 Å². The van der Waals surface area contributed by atoms with E-state index in [1.54, 1.807) is 18.3 Å². The topological polar surface area (TPSA) is 54.9 Å². The molecule has 0 spiro atoms. The molecule has 0 bridgehead atoms.